The molecule has 0 bridgehead atoms. The third-order valence-electron chi connectivity index (χ3n) is 6.95. The summed E-state index contributed by atoms with van der Waals surface area (Å²) in [6, 6.07) is 26.4. The fraction of sp³-hybridized carbons (Fsp3) is 0.375. The summed E-state index contributed by atoms with van der Waals surface area (Å²) in [4.78, 5) is 10.8. The molecule has 0 aliphatic heterocycles. The van der Waals surface area contributed by atoms with Gasteiger partial charge in [-0.2, -0.15) is 0 Å². The maximum absolute atomic E-state index is 6.03. The van der Waals surface area contributed by atoms with E-state index in [9.17, 15) is 0 Å². The van der Waals surface area contributed by atoms with Gasteiger partial charge in [-0.1, -0.05) is 68.3 Å². The van der Waals surface area contributed by atoms with Gasteiger partial charge in [-0.25, -0.2) is 9.97 Å². The van der Waals surface area contributed by atoms with E-state index in [0.29, 0.717) is 0 Å². The molecule has 0 unspecified atom stereocenters. The molecule has 0 amide bonds. The summed E-state index contributed by atoms with van der Waals surface area (Å²) in [6.45, 7) is 6.28. The summed E-state index contributed by atoms with van der Waals surface area (Å²) >= 11 is 0. The van der Waals surface area contributed by atoms with Crippen molar-refractivity contribution in [1.82, 2.24) is 15.3 Å². The molecule has 194 valence electrons. The molecule has 5 heteroatoms. The molecule has 5 rings (SSSR count). The van der Waals surface area contributed by atoms with Gasteiger partial charge in [0.05, 0.1) is 5.52 Å². The van der Waals surface area contributed by atoms with Gasteiger partial charge in [0.2, 0.25) is 0 Å². The summed E-state index contributed by atoms with van der Waals surface area (Å²) in [6.07, 6.45) is 5.52. The fourth-order valence-corrected chi connectivity index (χ4v) is 4.82. The fourth-order valence-electron chi connectivity index (χ4n) is 4.82. The van der Waals surface area contributed by atoms with E-state index >= 15 is 0 Å². The molecule has 0 radical (unpaired) electrons. The Morgan fingerprint density at radius 3 is 2.27 bits per heavy atom. The van der Waals surface area contributed by atoms with Crippen LogP contribution in [0.4, 0.5) is 5.82 Å². The number of anilines is 1. The largest absolute Gasteiger partial charge is 0.457 e. The average molecular weight is 497 g/mol. The topological polar surface area (TPSA) is 50.3 Å². The molecular formula is C32H40N4O. The quantitative estimate of drug-likeness (QED) is 0.289. The van der Waals surface area contributed by atoms with Gasteiger partial charge in [0.25, 0.3) is 0 Å². The van der Waals surface area contributed by atoms with Crippen molar-refractivity contribution in [2.24, 2.45) is 11.8 Å². The van der Waals surface area contributed by atoms with Crippen molar-refractivity contribution >= 4 is 16.7 Å². The lowest BCUT2D eigenvalue weighted by atomic mass is 9.83. The summed E-state index contributed by atoms with van der Waals surface area (Å²) < 4.78 is 6.03. The molecule has 3 aromatic carbocycles. The monoisotopic (exact) mass is 496 g/mol. The minimum Gasteiger partial charge on any atom is -0.457 e. The van der Waals surface area contributed by atoms with Crippen molar-refractivity contribution in [3.8, 4) is 11.5 Å². The molecule has 0 saturated heterocycles. The number of benzene rings is 3. The van der Waals surface area contributed by atoms with E-state index in [2.05, 4.69) is 34.3 Å². The highest BCUT2D eigenvalue weighted by molar-refractivity contribution is 5.89. The zero-order chi connectivity index (χ0) is 26.0. The molecule has 1 aliphatic carbocycles. The van der Waals surface area contributed by atoms with Crippen LogP contribution in [0.5, 0.6) is 11.5 Å². The normalized spacial score (nSPS) is 17.1. The van der Waals surface area contributed by atoms with Crippen LogP contribution in [0.2, 0.25) is 0 Å². The van der Waals surface area contributed by atoms with E-state index in [1.807, 2.05) is 92.6 Å². The first-order valence-electron chi connectivity index (χ1n) is 13.4. The lowest BCUT2D eigenvalue weighted by molar-refractivity contribution is 0.281. The highest BCUT2D eigenvalue weighted by Gasteiger charge is 2.17. The summed E-state index contributed by atoms with van der Waals surface area (Å²) in [5.74, 6) is 5.39. The third kappa shape index (κ3) is 7.77. The first kappa shape index (κ1) is 26.6. The van der Waals surface area contributed by atoms with Crippen LogP contribution in [0.15, 0.2) is 78.9 Å². The van der Waals surface area contributed by atoms with Crippen LogP contribution in [0.1, 0.15) is 44.0 Å². The maximum Gasteiger partial charge on any atom is 0.139 e. The van der Waals surface area contributed by atoms with Crippen LogP contribution in [-0.4, -0.2) is 30.6 Å². The van der Waals surface area contributed by atoms with Crippen LogP contribution >= 0.6 is 0 Å². The van der Waals surface area contributed by atoms with E-state index in [1.165, 1.54) is 31.2 Å². The third-order valence-corrected chi connectivity index (χ3v) is 6.95. The van der Waals surface area contributed by atoms with Gasteiger partial charge in [0, 0.05) is 31.6 Å². The summed E-state index contributed by atoms with van der Waals surface area (Å²) in [5.41, 5.74) is 2.23. The lowest BCUT2D eigenvalue weighted by Gasteiger charge is -2.26. The Morgan fingerprint density at radius 2 is 1.51 bits per heavy atom. The SMILES string of the molecule is CC1CCC(CNCc2ccccc2Oc2ccccc2)CC1.Cc1nc(N(C)C)c2ccccc2n1. The van der Waals surface area contributed by atoms with Crippen LogP contribution in [0.25, 0.3) is 10.9 Å². The molecule has 1 aromatic heterocycles. The molecule has 1 fully saturated rings. The Balaban J connectivity index is 0.000000195. The van der Waals surface area contributed by atoms with E-state index in [1.54, 1.807) is 0 Å². The molecule has 1 N–H and O–H groups in total. The van der Waals surface area contributed by atoms with E-state index in [4.69, 9.17) is 4.74 Å². The molecule has 1 saturated carbocycles. The highest BCUT2D eigenvalue weighted by atomic mass is 16.5. The predicted molar refractivity (Wildman–Crippen MR) is 154 cm³/mol. The molecule has 4 aromatic rings. The number of aryl methyl sites for hydroxylation is 1. The van der Waals surface area contributed by atoms with Crippen molar-refractivity contribution < 1.29 is 4.74 Å². The van der Waals surface area contributed by atoms with E-state index < -0.39 is 0 Å². The van der Waals surface area contributed by atoms with Gasteiger partial charge < -0.3 is 15.0 Å². The van der Waals surface area contributed by atoms with Gasteiger partial charge in [-0.15, -0.1) is 0 Å². The molecule has 0 atom stereocenters. The second-order valence-corrected chi connectivity index (χ2v) is 10.3. The summed E-state index contributed by atoms with van der Waals surface area (Å²) in [7, 11) is 3.99. The van der Waals surface area contributed by atoms with Gasteiger partial charge in [0.15, 0.2) is 0 Å². The van der Waals surface area contributed by atoms with Crippen molar-refractivity contribution in [1.29, 1.82) is 0 Å². The Bertz CT molecular complexity index is 1250. The number of fused-ring (bicyclic) bond motifs is 1. The van der Waals surface area contributed by atoms with Crippen molar-refractivity contribution in [3.63, 3.8) is 0 Å². The Kier molecular flexibility index (Phi) is 9.50. The van der Waals surface area contributed by atoms with E-state index in [-0.39, 0.29) is 0 Å². The zero-order valence-corrected chi connectivity index (χ0v) is 22.7. The molecule has 1 heterocycles. The number of hydrogen-bond acceptors (Lipinski definition) is 5. The molecule has 37 heavy (non-hydrogen) atoms. The smallest absolute Gasteiger partial charge is 0.139 e. The number of nitrogens with one attached hydrogen (secondary N) is 1. The first-order valence-corrected chi connectivity index (χ1v) is 13.4. The Labute approximate surface area is 221 Å². The Morgan fingerprint density at radius 1 is 0.838 bits per heavy atom. The van der Waals surface area contributed by atoms with Crippen LogP contribution in [0, 0.1) is 18.8 Å². The van der Waals surface area contributed by atoms with Gasteiger partial charge in [-0.05, 0) is 68.5 Å². The lowest BCUT2D eigenvalue weighted by Crippen LogP contribution is -2.25. The van der Waals surface area contributed by atoms with Gasteiger partial charge >= 0.3 is 0 Å². The second kappa shape index (κ2) is 13.2. The van der Waals surface area contributed by atoms with Crippen molar-refractivity contribution in [2.45, 2.75) is 46.1 Å². The first-order chi connectivity index (χ1) is 18.0. The molecular weight excluding hydrogens is 456 g/mol. The number of para-hydroxylation sites is 3. The number of hydrogen-bond donors (Lipinski definition) is 1. The number of ether oxygens (including phenoxy) is 1. The van der Waals surface area contributed by atoms with Gasteiger partial charge in [0.1, 0.15) is 23.1 Å². The number of nitrogens with zero attached hydrogens (tertiary/aromatic N) is 3. The van der Waals surface area contributed by atoms with Crippen molar-refractivity contribution in [3.05, 3.63) is 90.3 Å². The molecule has 1 aliphatic rings. The summed E-state index contributed by atoms with van der Waals surface area (Å²) in [5, 5.41) is 4.73. The van der Waals surface area contributed by atoms with Crippen molar-refractivity contribution in [2.75, 3.05) is 25.5 Å². The minimum atomic E-state index is 0.812. The minimum absolute atomic E-state index is 0.812. The Hall–Kier alpha value is -3.44. The average Bonchev–Trinajstić information content (AvgIpc) is 2.91. The predicted octanol–water partition coefficient (Wildman–Crippen LogP) is 7.40. The standard InChI is InChI=1S/C21H27NO.C11H13N3/c1-17-11-13-18(14-12-17)15-22-16-19-7-5-6-10-21(19)23-20-8-3-2-4-9-20;1-8-12-10-7-5-4-6-9(10)11(13-8)14(2)3/h2-10,17-18,22H,11-16H2,1H3;4-7H,1-3H3. The van der Waals surface area contributed by atoms with E-state index in [0.717, 1.165) is 59.0 Å². The van der Waals surface area contributed by atoms with Gasteiger partial charge in [-0.3, -0.25) is 0 Å². The number of aromatic nitrogens is 2. The van der Waals surface area contributed by atoms with Crippen LogP contribution < -0.4 is 15.0 Å². The maximum atomic E-state index is 6.03. The van der Waals surface area contributed by atoms with Crippen LogP contribution in [0.3, 0.4) is 0 Å². The second-order valence-electron chi connectivity index (χ2n) is 10.3. The van der Waals surface area contributed by atoms with Crippen LogP contribution in [-0.2, 0) is 6.54 Å². The zero-order valence-electron chi connectivity index (χ0n) is 22.7. The molecule has 5 nitrogen and oxygen atoms in total. The molecule has 0 spiro atoms. The number of rotatable bonds is 7. The highest BCUT2D eigenvalue weighted by Crippen LogP contribution is 2.28.